The van der Waals surface area contributed by atoms with E-state index in [0.717, 1.165) is 10.4 Å². The van der Waals surface area contributed by atoms with Crippen molar-refractivity contribution in [2.45, 2.75) is 11.8 Å². The molecule has 0 saturated carbocycles. The molecule has 0 spiro atoms. The second-order valence-corrected chi connectivity index (χ2v) is 6.01. The van der Waals surface area contributed by atoms with Gasteiger partial charge in [-0.05, 0) is 36.8 Å². The van der Waals surface area contributed by atoms with Crippen LogP contribution >= 0.6 is 11.3 Å². The molecule has 0 aliphatic carbocycles. The highest BCUT2D eigenvalue weighted by Gasteiger charge is 2.11. The Morgan fingerprint density at radius 2 is 1.69 bits per heavy atom. The van der Waals surface area contributed by atoms with Crippen LogP contribution in [0, 0.1) is 6.92 Å². The van der Waals surface area contributed by atoms with E-state index in [0.29, 0.717) is 0 Å². The van der Waals surface area contributed by atoms with Gasteiger partial charge in [-0.1, -0.05) is 12.1 Å². The third kappa shape index (κ3) is 2.31. The number of rotatable bonds is 2. The fourth-order valence-electron chi connectivity index (χ4n) is 1.37. The van der Waals surface area contributed by atoms with Crippen LogP contribution in [0.1, 0.15) is 4.88 Å². The first-order chi connectivity index (χ1) is 7.47. The molecule has 2 aromatic rings. The van der Waals surface area contributed by atoms with Gasteiger partial charge in [-0.25, -0.2) is 0 Å². The molecule has 2 rings (SSSR count). The van der Waals surface area contributed by atoms with Crippen LogP contribution in [0.2, 0.25) is 0 Å². The monoisotopic (exact) mass is 256 g/mol. The van der Waals surface area contributed by atoms with E-state index in [4.69, 9.17) is 0 Å². The van der Waals surface area contributed by atoms with Crippen LogP contribution < -0.4 is 0 Å². The van der Waals surface area contributed by atoms with Crippen molar-refractivity contribution in [1.29, 1.82) is 0 Å². The molecule has 16 heavy (non-hydrogen) atoms. The van der Waals surface area contributed by atoms with Gasteiger partial charge in [0.25, 0.3) is 0 Å². The van der Waals surface area contributed by atoms with Crippen molar-refractivity contribution in [2.75, 3.05) is 0 Å². The summed E-state index contributed by atoms with van der Waals surface area (Å²) in [6.45, 7) is 1.99. The predicted molar refractivity (Wildman–Crippen MR) is 62.8 cm³/mol. The van der Waals surface area contributed by atoms with Gasteiger partial charge in [0, 0.05) is 9.75 Å². The summed E-state index contributed by atoms with van der Waals surface area (Å²) in [5.41, 5.74) is 0.894. The summed E-state index contributed by atoms with van der Waals surface area (Å²) in [6.07, 6.45) is 0. The molecule has 0 aliphatic heterocycles. The highest BCUT2D eigenvalue weighted by atomic mass is 32.3. The topological polar surface area (TPSA) is 34.1 Å². The maximum atomic E-state index is 12.6. The standard InChI is InChI=1S/C11H9FO2S2/c1-8-2-7-11(15-8)9-3-5-10(6-4-9)16(12,13)14/h2-7H,1H3. The van der Waals surface area contributed by atoms with E-state index in [2.05, 4.69) is 0 Å². The van der Waals surface area contributed by atoms with Crippen LogP contribution in [-0.4, -0.2) is 8.42 Å². The van der Waals surface area contributed by atoms with Crippen molar-refractivity contribution in [2.24, 2.45) is 0 Å². The smallest absolute Gasteiger partial charge is 0.189 e. The van der Waals surface area contributed by atoms with E-state index in [1.807, 2.05) is 19.1 Å². The van der Waals surface area contributed by atoms with Gasteiger partial charge in [0.15, 0.2) is 0 Å². The van der Waals surface area contributed by atoms with Gasteiger partial charge in [-0.3, -0.25) is 0 Å². The normalized spacial score (nSPS) is 11.6. The summed E-state index contributed by atoms with van der Waals surface area (Å²) < 4.78 is 33.9. The Labute approximate surface area is 97.6 Å². The average molecular weight is 256 g/mol. The Kier molecular flexibility index (Phi) is 2.82. The molecule has 0 saturated heterocycles. The number of halogens is 1. The zero-order valence-corrected chi connectivity index (χ0v) is 10.1. The van der Waals surface area contributed by atoms with Crippen molar-refractivity contribution >= 4 is 21.6 Å². The molecule has 0 N–H and O–H groups in total. The second kappa shape index (κ2) is 3.99. The first kappa shape index (κ1) is 11.3. The van der Waals surface area contributed by atoms with E-state index >= 15 is 0 Å². The van der Waals surface area contributed by atoms with Crippen LogP contribution in [0.5, 0.6) is 0 Å². The minimum absolute atomic E-state index is 0.301. The minimum atomic E-state index is -4.59. The Morgan fingerprint density at radius 1 is 1.06 bits per heavy atom. The number of hydrogen-bond acceptors (Lipinski definition) is 3. The summed E-state index contributed by atoms with van der Waals surface area (Å²) in [4.78, 5) is 1.92. The fraction of sp³-hybridized carbons (Fsp3) is 0.0909. The summed E-state index contributed by atoms with van der Waals surface area (Å²) >= 11 is 1.61. The van der Waals surface area contributed by atoms with Crippen LogP contribution in [0.4, 0.5) is 3.89 Å². The quantitative estimate of drug-likeness (QED) is 0.772. The molecule has 1 heterocycles. The predicted octanol–water partition coefficient (Wildman–Crippen LogP) is 3.38. The Bertz CT molecular complexity index is 597. The Morgan fingerprint density at radius 3 is 2.12 bits per heavy atom. The summed E-state index contributed by atoms with van der Waals surface area (Å²) in [6, 6.07) is 9.72. The summed E-state index contributed by atoms with van der Waals surface area (Å²) in [5, 5.41) is 0. The fourth-order valence-corrected chi connectivity index (χ4v) is 2.71. The van der Waals surface area contributed by atoms with Gasteiger partial charge < -0.3 is 0 Å². The minimum Gasteiger partial charge on any atom is -0.189 e. The first-order valence-corrected chi connectivity index (χ1v) is 6.78. The van der Waals surface area contributed by atoms with Gasteiger partial charge in [0.05, 0.1) is 4.90 Å². The molecule has 0 atom stereocenters. The lowest BCUT2D eigenvalue weighted by atomic mass is 10.2. The summed E-state index contributed by atoms with van der Waals surface area (Å²) in [5.74, 6) is 0. The largest absolute Gasteiger partial charge is 0.332 e. The van der Waals surface area contributed by atoms with Crippen molar-refractivity contribution in [3.8, 4) is 10.4 Å². The highest BCUT2D eigenvalue weighted by Crippen LogP contribution is 2.28. The number of thiophene rings is 1. The maximum absolute atomic E-state index is 12.6. The number of benzene rings is 1. The van der Waals surface area contributed by atoms with Crippen molar-refractivity contribution in [3.63, 3.8) is 0 Å². The molecular formula is C11H9FO2S2. The molecule has 84 valence electrons. The van der Waals surface area contributed by atoms with E-state index in [9.17, 15) is 12.3 Å². The first-order valence-electron chi connectivity index (χ1n) is 4.58. The average Bonchev–Trinajstić information content (AvgIpc) is 2.64. The SMILES string of the molecule is Cc1ccc(-c2ccc(S(=O)(=O)F)cc2)s1. The molecule has 0 fully saturated rings. The lowest BCUT2D eigenvalue weighted by molar-refractivity contribution is 0.552. The van der Waals surface area contributed by atoms with E-state index in [-0.39, 0.29) is 4.90 Å². The van der Waals surface area contributed by atoms with E-state index in [1.165, 1.54) is 17.0 Å². The molecule has 0 radical (unpaired) electrons. The third-order valence-corrected chi connectivity index (χ3v) is 4.05. The van der Waals surface area contributed by atoms with Gasteiger partial charge in [0.2, 0.25) is 0 Å². The Balaban J connectivity index is 2.40. The zero-order chi connectivity index (χ0) is 11.8. The van der Waals surface area contributed by atoms with Gasteiger partial charge in [-0.2, -0.15) is 8.42 Å². The van der Waals surface area contributed by atoms with Gasteiger partial charge >= 0.3 is 10.2 Å². The van der Waals surface area contributed by atoms with Crippen LogP contribution in [0.15, 0.2) is 41.3 Å². The molecule has 5 heteroatoms. The van der Waals surface area contributed by atoms with Crippen molar-refractivity contribution in [1.82, 2.24) is 0 Å². The molecule has 1 aromatic carbocycles. The second-order valence-electron chi connectivity index (χ2n) is 3.37. The number of hydrogen-bond donors (Lipinski definition) is 0. The van der Waals surface area contributed by atoms with E-state index < -0.39 is 10.2 Å². The van der Waals surface area contributed by atoms with Crippen LogP contribution in [-0.2, 0) is 10.2 Å². The van der Waals surface area contributed by atoms with Crippen LogP contribution in [0.3, 0.4) is 0 Å². The highest BCUT2D eigenvalue weighted by molar-refractivity contribution is 7.86. The van der Waals surface area contributed by atoms with E-state index in [1.54, 1.807) is 23.5 Å². The molecule has 0 unspecified atom stereocenters. The molecule has 0 bridgehead atoms. The zero-order valence-electron chi connectivity index (χ0n) is 8.48. The van der Waals surface area contributed by atoms with Crippen molar-refractivity contribution in [3.05, 3.63) is 41.3 Å². The maximum Gasteiger partial charge on any atom is 0.332 e. The molecule has 0 aliphatic rings. The molecule has 2 nitrogen and oxygen atoms in total. The van der Waals surface area contributed by atoms with Gasteiger partial charge in [0.1, 0.15) is 0 Å². The van der Waals surface area contributed by atoms with Gasteiger partial charge in [-0.15, -0.1) is 15.2 Å². The Hall–Kier alpha value is -1.20. The lowest BCUT2D eigenvalue weighted by Crippen LogP contribution is -1.90. The summed E-state index contributed by atoms with van der Waals surface area (Å²) in [7, 11) is -4.59. The van der Waals surface area contributed by atoms with Crippen LogP contribution in [0.25, 0.3) is 10.4 Å². The van der Waals surface area contributed by atoms with Crippen molar-refractivity contribution < 1.29 is 12.3 Å². The number of aryl methyl sites for hydroxylation is 1. The molecular weight excluding hydrogens is 247 g/mol. The lowest BCUT2D eigenvalue weighted by Gasteiger charge is -1.98. The third-order valence-electron chi connectivity index (χ3n) is 2.16. The molecule has 1 aromatic heterocycles. The molecule has 0 amide bonds.